The van der Waals surface area contributed by atoms with E-state index in [-0.39, 0.29) is 10.8 Å². The van der Waals surface area contributed by atoms with Crippen molar-refractivity contribution in [3.05, 3.63) is 40.7 Å². The molecule has 0 bridgehead atoms. The number of carbonyl (C=O) groups is 1. The summed E-state index contributed by atoms with van der Waals surface area (Å²) in [6.45, 7) is 9.38. The summed E-state index contributed by atoms with van der Waals surface area (Å²) >= 11 is 1.27. The molecule has 9 heteroatoms. The van der Waals surface area contributed by atoms with Gasteiger partial charge in [0.05, 0.1) is 10.1 Å². The summed E-state index contributed by atoms with van der Waals surface area (Å²) in [5.74, 6) is -0.244. The number of carbonyl (C=O) groups excluding carboxylic acids is 1. The van der Waals surface area contributed by atoms with Gasteiger partial charge in [-0.15, -0.1) is 0 Å². The van der Waals surface area contributed by atoms with Crippen molar-refractivity contribution in [3.8, 4) is 0 Å². The third-order valence-electron chi connectivity index (χ3n) is 4.51. The van der Waals surface area contributed by atoms with Gasteiger partial charge >= 0.3 is 0 Å². The minimum atomic E-state index is -3.58. The van der Waals surface area contributed by atoms with Crippen LogP contribution in [-0.2, 0) is 14.8 Å². The monoisotopic (exact) mass is 422 g/mol. The van der Waals surface area contributed by atoms with Crippen molar-refractivity contribution in [1.82, 2.24) is 14.3 Å². The normalized spacial score (nSPS) is 12.9. The van der Waals surface area contributed by atoms with E-state index >= 15 is 0 Å². The molecule has 0 saturated heterocycles. The molecular weight excluding hydrogens is 396 g/mol. The Kier molecular flexibility index (Phi) is 6.84. The van der Waals surface area contributed by atoms with Crippen molar-refractivity contribution in [2.24, 2.45) is 0 Å². The lowest BCUT2D eigenvalue weighted by molar-refractivity contribution is -0.115. The Morgan fingerprint density at radius 1 is 1.11 bits per heavy atom. The van der Waals surface area contributed by atoms with Crippen molar-refractivity contribution in [3.63, 3.8) is 0 Å². The lowest BCUT2D eigenvalue weighted by Crippen LogP contribution is -2.25. The van der Waals surface area contributed by atoms with E-state index in [1.807, 2.05) is 27.7 Å². The second kappa shape index (κ2) is 8.59. The van der Waals surface area contributed by atoms with E-state index in [2.05, 4.69) is 15.3 Å². The number of nitrogens with one attached hydrogen (secondary N) is 1. The second-order valence-electron chi connectivity index (χ2n) is 6.82. The molecule has 7 nitrogen and oxygen atoms in total. The van der Waals surface area contributed by atoms with E-state index in [4.69, 9.17) is 0 Å². The quantitative estimate of drug-likeness (QED) is 0.568. The Morgan fingerprint density at radius 3 is 2.21 bits per heavy atom. The third-order valence-corrected chi connectivity index (χ3v) is 7.28. The fraction of sp³-hybridized carbons (Fsp3) is 0.421. The molecule has 0 spiro atoms. The number of nitrogens with zero attached hydrogens (tertiary/aromatic N) is 3. The van der Waals surface area contributed by atoms with Gasteiger partial charge in [0.15, 0.2) is 5.16 Å². The third kappa shape index (κ3) is 4.89. The molecular formula is C19H26N4O3S2. The van der Waals surface area contributed by atoms with Crippen LogP contribution in [0.1, 0.15) is 29.4 Å². The maximum atomic E-state index is 12.7. The lowest BCUT2D eigenvalue weighted by Gasteiger charge is -2.16. The number of thioether (sulfide) groups is 1. The van der Waals surface area contributed by atoms with Gasteiger partial charge in [-0.3, -0.25) is 4.79 Å². The molecule has 1 heterocycles. The van der Waals surface area contributed by atoms with Crippen LogP contribution in [0, 0.1) is 27.7 Å². The summed E-state index contributed by atoms with van der Waals surface area (Å²) in [6.07, 6.45) is 0. The van der Waals surface area contributed by atoms with Gasteiger partial charge in [0.2, 0.25) is 15.9 Å². The number of amides is 1. The first-order chi connectivity index (χ1) is 12.9. The molecule has 0 radical (unpaired) electrons. The Labute approximate surface area is 171 Å². The van der Waals surface area contributed by atoms with Crippen molar-refractivity contribution in [2.75, 3.05) is 19.4 Å². The Balaban J connectivity index is 2.20. The summed E-state index contributed by atoms with van der Waals surface area (Å²) < 4.78 is 25.8. The van der Waals surface area contributed by atoms with E-state index < -0.39 is 15.3 Å². The lowest BCUT2D eigenvalue weighted by atomic mass is 10.2. The van der Waals surface area contributed by atoms with Crippen LogP contribution in [-0.4, -0.2) is 47.9 Å². The number of benzene rings is 1. The average molecular weight is 423 g/mol. The highest BCUT2D eigenvalue weighted by Gasteiger charge is 2.21. The molecule has 152 valence electrons. The number of anilines is 1. The van der Waals surface area contributed by atoms with Crippen molar-refractivity contribution in [2.45, 2.75) is 49.9 Å². The van der Waals surface area contributed by atoms with Crippen LogP contribution in [0.25, 0.3) is 0 Å². The zero-order chi connectivity index (χ0) is 21.2. The van der Waals surface area contributed by atoms with Crippen LogP contribution in [0.2, 0.25) is 0 Å². The second-order valence-corrected chi connectivity index (χ2v) is 10.3. The summed E-state index contributed by atoms with van der Waals surface area (Å²) in [5, 5.41) is 2.92. The fourth-order valence-corrected chi connectivity index (χ4v) is 4.14. The van der Waals surface area contributed by atoms with E-state index in [0.29, 0.717) is 10.8 Å². The van der Waals surface area contributed by atoms with E-state index in [1.54, 1.807) is 13.0 Å². The highest BCUT2D eigenvalue weighted by molar-refractivity contribution is 8.00. The Bertz CT molecular complexity index is 981. The first-order valence-electron chi connectivity index (χ1n) is 8.76. The molecule has 2 aromatic rings. The van der Waals surface area contributed by atoms with Gasteiger partial charge in [-0.05, 0) is 57.9 Å². The van der Waals surface area contributed by atoms with Crippen molar-refractivity contribution >= 4 is 33.4 Å². The highest BCUT2D eigenvalue weighted by atomic mass is 32.2. The minimum Gasteiger partial charge on any atom is -0.325 e. The van der Waals surface area contributed by atoms with Gasteiger partial charge in [-0.2, -0.15) is 0 Å². The number of hydrogen-bond donors (Lipinski definition) is 1. The van der Waals surface area contributed by atoms with Gasteiger partial charge < -0.3 is 5.32 Å². The number of aromatic nitrogens is 2. The van der Waals surface area contributed by atoms with Crippen LogP contribution in [0.4, 0.5) is 5.69 Å². The Hall–Kier alpha value is -1.97. The molecule has 0 aliphatic rings. The first-order valence-corrected chi connectivity index (χ1v) is 11.1. The van der Waals surface area contributed by atoms with Gasteiger partial charge in [-0.1, -0.05) is 17.8 Å². The summed E-state index contributed by atoms with van der Waals surface area (Å²) in [6, 6.07) is 4.69. The van der Waals surface area contributed by atoms with E-state index in [9.17, 15) is 13.2 Å². The molecule has 1 atom stereocenters. The first kappa shape index (κ1) is 22.3. The fourth-order valence-electron chi connectivity index (χ4n) is 2.35. The largest absolute Gasteiger partial charge is 0.325 e. The minimum absolute atomic E-state index is 0.131. The van der Waals surface area contributed by atoms with Crippen LogP contribution >= 0.6 is 11.8 Å². The van der Waals surface area contributed by atoms with Gasteiger partial charge in [0.25, 0.3) is 0 Å². The van der Waals surface area contributed by atoms with Gasteiger partial charge in [0, 0.05) is 31.2 Å². The standard InChI is InChI=1S/C19H26N4O3S2/c1-11-8-9-16(28(25,26)23(6)7)10-17(11)22-18(24)15(5)27-19-20-13(3)12(2)14(4)21-19/h8-10,15H,1-7H3,(H,22,24)/t15-/m0/s1. The van der Waals surface area contributed by atoms with E-state index in [0.717, 1.165) is 26.8 Å². The molecule has 0 aliphatic heterocycles. The summed E-state index contributed by atoms with van der Waals surface area (Å²) in [4.78, 5) is 21.7. The van der Waals surface area contributed by atoms with Gasteiger partial charge in [0.1, 0.15) is 0 Å². The molecule has 0 fully saturated rings. The molecule has 1 N–H and O–H groups in total. The summed E-state index contributed by atoms with van der Waals surface area (Å²) in [7, 11) is -0.638. The zero-order valence-corrected chi connectivity index (χ0v) is 18.8. The SMILES string of the molecule is Cc1ccc(S(=O)(=O)N(C)C)cc1NC(=O)[C@H](C)Sc1nc(C)c(C)c(C)n1. The van der Waals surface area contributed by atoms with Crippen LogP contribution in [0.15, 0.2) is 28.3 Å². The number of rotatable bonds is 6. The maximum absolute atomic E-state index is 12.7. The molecule has 0 unspecified atom stereocenters. The highest BCUT2D eigenvalue weighted by Crippen LogP contribution is 2.25. The van der Waals surface area contributed by atoms with Gasteiger partial charge in [-0.25, -0.2) is 22.7 Å². The molecule has 1 aromatic heterocycles. The maximum Gasteiger partial charge on any atom is 0.242 e. The van der Waals surface area contributed by atoms with Crippen molar-refractivity contribution in [1.29, 1.82) is 0 Å². The predicted molar refractivity (Wildman–Crippen MR) is 112 cm³/mol. The molecule has 28 heavy (non-hydrogen) atoms. The molecule has 1 amide bonds. The zero-order valence-electron chi connectivity index (χ0n) is 17.2. The predicted octanol–water partition coefficient (Wildman–Crippen LogP) is 3.08. The number of aryl methyl sites for hydroxylation is 3. The summed E-state index contributed by atoms with van der Waals surface area (Å²) in [5.41, 5.74) is 4.06. The molecule has 0 saturated carbocycles. The van der Waals surface area contributed by atoms with E-state index in [1.165, 1.54) is 38.0 Å². The molecule has 1 aromatic carbocycles. The number of hydrogen-bond acceptors (Lipinski definition) is 6. The van der Waals surface area contributed by atoms with Crippen LogP contribution < -0.4 is 5.32 Å². The Morgan fingerprint density at radius 2 is 1.68 bits per heavy atom. The molecule has 0 aliphatic carbocycles. The topological polar surface area (TPSA) is 92.3 Å². The van der Waals surface area contributed by atoms with Crippen molar-refractivity contribution < 1.29 is 13.2 Å². The smallest absolute Gasteiger partial charge is 0.242 e. The van der Waals surface area contributed by atoms with Crippen LogP contribution in [0.3, 0.4) is 0 Å². The van der Waals surface area contributed by atoms with Crippen LogP contribution in [0.5, 0.6) is 0 Å². The average Bonchev–Trinajstić information content (AvgIpc) is 2.60. The molecule has 2 rings (SSSR count). The number of sulfonamides is 1.